The van der Waals surface area contributed by atoms with Crippen LogP contribution >= 0.6 is 0 Å². The zero-order valence-corrected chi connectivity index (χ0v) is 10.7. The van der Waals surface area contributed by atoms with Crippen molar-refractivity contribution in [2.24, 2.45) is 0 Å². The van der Waals surface area contributed by atoms with E-state index >= 15 is 0 Å². The smallest absolute Gasteiger partial charge is 0.169 e. The van der Waals surface area contributed by atoms with Crippen LogP contribution < -0.4 is 4.74 Å². The van der Waals surface area contributed by atoms with Gasteiger partial charge >= 0.3 is 0 Å². The summed E-state index contributed by atoms with van der Waals surface area (Å²) in [6, 6.07) is 7.92. The Morgan fingerprint density at radius 3 is 2.44 bits per heavy atom. The van der Waals surface area contributed by atoms with Gasteiger partial charge in [-0.05, 0) is 37.0 Å². The van der Waals surface area contributed by atoms with Gasteiger partial charge in [-0.3, -0.25) is 4.79 Å². The van der Waals surface area contributed by atoms with Gasteiger partial charge < -0.3 is 4.74 Å². The highest BCUT2D eigenvalue weighted by atomic mass is 16.5. The molecule has 0 aliphatic heterocycles. The number of hydrogen-bond acceptors (Lipinski definition) is 2. The Balaban J connectivity index is 2.87. The van der Waals surface area contributed by atoms with Crippen molar-refractivity contribution in [3.8, 4) is 5.75 Å². The van der Waals surface area contributed by atoms with Gasteiger partial charge in [0.05, 0.1) is 0 Å². The molecule has 0 radical (unpaired) electrons. The second kappa shape index (κ2) is 4.69. The molecule has 2 nitrogen and oxygen atoms in total. The van der Waals surface area contributed by atoms with E-state index in [0.717, 1.165) is 5.75 Å². The van der Waals surface area contributed by atoms with Crippen molar-refractivity contribution in [2.45, 2.75) is 46.1 Å². The lowest BCUT2D eigenvalue weighted by molar-refractivity contribution is -0.122. The lowest BCUT2D eigenvalue weighted by Crippen LogP contribution is -2.21. The van der Waals surface area contributed by atoms with E-state index in [1.165, 1.54) is 12.5 Å². The highest BCUT2D eigenvalue weighted by Gasteiger charge is 2.15. The summed E-state index contributed by atoms with van der Waals surface area (Å²) in [6.45, 7) is 9.77. The third-order valence-electron chi connectivity index (χ3n) is 2.59. The minimum atomic E-state index is -0.379. The number of carbonyl (C=O) groups is 1. The minimum absolute atomic E-state index is 0.0427. The Labute approximate surface area is 97.6 Å². The van der Waals surface area contributed by atoms with Crippen LogP contribution in [0.5, 0.6) is 5.75 Å². The Morgan fingerprint density at radius 2 is 1.94 bits per heavy atom. The average molecular weight is 220 g/mol. The van der Waals surface area contributed by atoms with E-state index in [1.54, 1.807) is 6.92 Å². The van der Waals surface area contributed by atoms with Gasteiger partial charge in [0, 0.05) is 0 Å². The molecule has 1 aromatic rings. The Morgan fingerprint density at radius 1 is 1.31 bits per heavy atom. The van der Waals surface area contributed by atoms with Crippen LogP contribution in [0.25, 0.3) is 0 Å². The van der Waals surface area contributed by atoms with Gasteiger partial charge in [0.15, 0.2) is 11.9 Å². The summed E-state index contributed by atoms with van der Waals surface area (Å²) in [5.41, 5.74) is 1.31. The molecule has 2 heteroatoms. The number of Topliss-reactive ketones (excluding diaryl/α,β-unsaturated/α-hetero) is 1. The summed E-state index contributed by atoms with van der Waals surface area (Å²) in [5.74, 6) is 0.802. The van der Waals surface area contributed by atoms with E-state index in [9.17, 15) is 4.79 Å². The fourth-order valence-electron chi connectivity index (χ4n) is 1.32. The molecule has 0 aliphatic rings. The molecule has 0 bridgehead atoms. The summed E-state index contributed by atoms with van der Waals surface area (Å²) >= 11 is 0. The van der Waals surface area contributed by atoms with Gasteiger partial charge in [-0.1, -0.05) is 32.9 Å². The largest absolute Gasteiger partial charge is 0.483 e. The summed E-state index contributed by atoms with van der Waals surface area (Å²) in [7, 11) is 0. The van der Waals surface area contributed by atoms with Crippen molar-refractivity contribution < 1.29 is 9.53 Å². The van der Waals surface area contributed by atoms with E-state index in [0.29, 0.717) is 0 Å². The monoisotopic (exact) mass is 220 g/mol. The van der Waals surface area contributed by atoms with Gasteiger partial charge in [0.1, 0.15) is 5.75 Å². The molecule has 1 atom stereocenters. The van der Waals surface area contributed by atoms with E-state index in [2.05, 4.69) is 26.8 Å². The van der Waals surface area contributed by atoms with E-state index in [4.69, 9.17) is 4.74 Å². The summed E-state index contributed by atoms with van der Waals surface area (Å²) in [4.78, 5) is 11.1. The molecule has 1 rings (SSSR count). The molecule has 0 aliphatic carbocycles. The van der Waals surface area contributed by atoms with Crippen LogP contribution in [0.3, 0.4) is 0 Å². The Bertz CT molecular complexity index is 375. The molecule has 1 unspecified atom stereocenters. The first-order valence-corrected chi connectivity index (χ1v) is 5.58. The molecule has 0 heterocycles. The standard InChI is InChI=1S/C14H20O2/c1-10(15)11(2)16-13-8-6-7-12(9-13)14(3,4)5/h6-9,11H,1-5H3. The maximum atomic E-state index is 11.1. The van der Waals surface area contributed by atoms with Crippen LogP contribution in [0, 0.1) is 0 Å². The summed E-state index contributed by atoms with van der Waals surface area (Å²) in [6.07, 6.45) is -0.379. The van der Waals surface area contributed by atoms with Crippen molar-refractivity contribution in [1.82, 2.24) is 0 Å². The van der Waals surface area contributed by atoms with Crippen molar-refractivity contribution in [3.63, 3.8) is 0 Å². The van der Waals surface area contributed by atoms with Crippen LogP contribution in [0.2, 0.25) is 0 Å². The third-order valence-corrected chi connectivity index (χ3v) is 2.59. The topological polar surface area (TPSA) is 26.3 Å². The van der Waals surface area contributed by atoms with Gasteiger partial charge in [-0.2, -0.15) is 0 Å². The number of ether oxygens (including phenoxy) is 1. The zero-order chi connectivity index (χ0) is 12.3. The van der Waals surface area contributed by atoms with Crippen LogP contribution in [0.1, 0.15) is 40.2 Å². The van der Waals surface area contributed by atoms with Crippen molar-refractivity contribution in [2.75, 3.05) is 0 Å². The SMILES string of the molecule is CC(=O)C(C)Oc1cccc(C(C)(C)C)c1. The highest BCUT2D eigenvalue weighted by molar-refractivity contribution is 5.80. The first-order chi connectivity index (χ1) is 7.30. The molecule has 0 N–H and O–H groups in total. The number of carbonyl (C=O) groups excluding carboxylic acids is 1. The first-order valence-electron chi connectivity index (χ1n) is 5.58. The number of rotatable bonds is 3. The van der Waals surface area contributed by atoms with Crippen LogP contribution in [-0.2, 0) is 10.2 Å². The molecule has 16 heavy (non-hydrogen) atoms. The molecule has 0 amide bonds. The average Bonchev–Trinajstić information content (AvgIpc) is 2.16. The Hall–Kier alpha value is -1.31. The molecule has 0 saturated heterocycles. The molecule has 0 saturated carbocycles. The van der Waals surface area contributed by atoms with Crippen LogP contribution in [-0.4, -0.2) is 11.9 Å². The maximum Gasteiger partial charge on any atom is 0.169 e. The normalized spacial score (nSPS) is 13.3. The first kappa shape index (κ1) is 12.8. The number of ketones is 1. The molecule has 0 fully saturated rings. The highest BCUT2D eigenvalue weighted by Crippen LogP contribution is 2.26. The van der Waals surface area contributed by atoms with E-state index in [1.807, 2.05) is 18.2 Å². The maximum absolute atomic E-state index is 11.1. The molecule has 0 aromatic heterocycles. The molecule has 88 valence electrons. The lowest BCUT2D eigenvalue weighted by atomic mass is 9.87. The van der Waals surface area contributed by atoms with Gasteiger partial charge in [-0.25, -0.2) is 0 Å². The lowest BCUT2D eigenvalue weighted by Gasteiger charge is -2.20. The van der Waals surface area contributed by atoms with Gasteiger partial charge in [0.2, 0.25) is 0 Å². The Kier molecular flexibility index (Phi) is 3.74. The minimum Gasteiger partial charge on any atom is -0.483 e. The van der Waals surface area contributed by atoms with Crippen LogP contribution in [0.15, 0.2) is 24.3 Å². The predicted molar refractivity (Wildman–Crippen MR) is 65.9 cm³/mol. The number of hydrogen-bond donors (Lipinski definition) is 0. The van der Waals surface area contributed by atoms with E-state index < -0.39 is 0 Å². The number of benzene rings is 1. The third kappa shape index (κ3) is 3.37. The summed E-state index contributed by atoms with van der Waals surface area (Å²) in [5, 5.41) is 0. The van der Waals surface area contributed by atoms with Crippen LogP contribution in [0.4, 0.5) is 0 Å². The van der Waals surface area contributed by atoms with E-state index in [-0.39, 0.29) is 17.3 Å². The molecular weight excluding hydrogens is 200 g/mol. The second-order valence-electron chi connectivity index (χ2n) is 5.15. The zero-order valence-electron chi connectivity index (χ0n) is 10.7. The van der Waals surface area contributed by atoms with Crippen molar-refractivity contribution >= 4 is 5.78 Å². The fraction of sp³-hybridized carbons (Fsp3) is 0.500. The quantitative estimate of drug-likeness (QED) is 0.781. The second-order valence-corrected chi connectivity index (χ2v) is 5.15. The van der Waals surface area contributed by atoms with Gasteiger partial charge in [-0.15, -0.1) is 0 Å². The molecule has 1 aromatic carbocycles. The predicted octanol–water partition coefficient (Wildman–Crippen LogP) is 3.34. The fourth-order valence-corrected chi connectivity index (χ4v) is 1.32. The summed E-state index contributed by atoms with van der Waals surface area (Å²) < 4.78 is 5.56. The van der Waals surface area contributed by atoms with Crippen molar-refractivity contribution in [3.05, 3.63) is 29.8 Å². The molecular formula is C14H20O2. The van der Waals surface area contributed by atoms with Crippen molar-refractivity contribution in [1.29, 1.82) is 0 Å². The molecule has 0 spiro atoms. The van der Waals surface area contributed by atoms with Gasteiger partial charge in [0.25, 0.3) is 0 Å².